The number of nitrogens with zero attached hydrogens (tertiary/aromatic N) is 1. The normalized spacial score (nSPS) is 23.9. The zero-order chi connectivity index (χ0) is 12.7. The molecule has 1 aliphatic rings. The number of hydrogen-bond acceptors (Lipinski definition) is 4. The second-order valence-electron chi connectivity index (χ2n) is 4.76. The van der Waals surface area contributed by atoms with Crippen molar-refractivity contribution in [3.8, 4) is 0 Å². The molecule has 1 aliphatic carbocycles. The number of methoxy groups -OCH3 is 1. The monoisotopic (exact) mass is 243 g/mol. The van der Waals surface area contributed by atoms with Crippen LogP contribution in [0.2, 0.25) is 0 Å². The summed E-state index contributed by atoms with van der Waals surface area (Å²) >= 11 is 0. The van der Waals surface area contributed by atoms with E-state index >= 15 is 0 Å². The van der Waals surface area contributed by atoms with Gasteiger partial charge >= 0.3 is 0 Å². The molecule has 1 N–H and O–H groups in total. The maximum absolute atomic E-state index is 9.82. The smallest absolute Gasteiger partial charge is 0.215 e. The lowest BCUT2D eigenvalue weighted by Gasteiger charge is -2.27. The second kappa shape index (κ2) is 7.82. The number of ether oxygens (including phenoxy) is 2. The Hall–Kier alpha value is -0.420. The topological polar surface area (TPSA) is 41.9 Å². The Kier molecular flexibility index (Phi) is 6.73. The highest BCUT2D eigenvalue weighted by atomic mass is 16.6. The highest BCUT2D eigenvalue weighted by molar-refractivity contribution is 4.92. The molecule has 0 saturated carbocycles. The SMILES string of the molecule is COC(C)CN(C)[C@H](O)OC[C@@H]1C=CCCC1. The molecule has 17 heavy (non-hydrogen) atoms. The fraction of sp³-hybridized carbons (Fsp3) is 0.846. The third kappa shape index (κ3) is 5.64. The van der Waals surface area contributed by atoms with Crippen LogP contribution in [0, 0.1) is 5.92 Å². The molecule has 0 radical (unpaired) electrons. The molecule has 0 heterocycles. The average molecular weight is 243 g/mol. The van der Waals surface area contributed by atoms with Crippen LogP contribution >= 0.6 is 0 Å². The van der Waals surface area contributed by atoms with Gasteiger partial charge in [0.1, 0.15) is 0 Å². The third-order valence-corrected chi connectivity index (χ3v) is 3.14. The van der Waals surface area contributed by atoms with E-state index in [-0.39, 0.29) is 6.10 Å². The van der Waals surface area contributed by atoms with E-state index in [0.717, 1.165) is 6.42 Å². The molecule has 0 aliphatic heterocycles. The summed E-state index contributed by atoms with van der Waals surface area (Å²) in [4.78, 5) is 1.75. The molecule has 3 atom stereocenters. The summed E-state index contributed by atoms with van der Waals surface area (Å²) in [5, 5.41) is 9.82. The summed E-state index contributed by atoms with van der Waals surface area (Å²) in [6.07, 6.45) is 7.17. The quantitative estimate of drug-likeness (QED) is 0.545. The Morgan fingerprint density at radius 1 is 1.53 bits per heavy atom. The first kappa shape index (κ1) is 14.6. The van der Waals surface area contributed by atoms with E-state index in [0.29, 0.717) is 19.1 Å². The molecule has 1 unspecified atom stereocenters. The first-order chi connectivity index (χ1) is 8.13. The first-order valence-corrected chi connectivity index (χ1v) is 6.33. The van der Waals surface area contributed by atoms with Crippen LogP contribution in [-0.2, 0) is 9.47 Å². The minimum atomic E-state index is -0.845. The predicted molar refractivity (Wildman–Crippen MR) is 67.5 cm³/mol. The van der Waals surface area contributed by atoms with Gasteiger partial charge in [0, 0.05) is 19.6 Å². The summed E-state index contributed by atoms with van der Waals surface area (Å²) < 4.78 is 10.6. The molecule has 1 rings (SSSR count). The fourth-order valence-electron chi connectivity index (χ4n) is 1.93. The van der Waals surface area contributed by atoms with E-state index in [4.69, 9.17) is 9.47 Å². The summed E-state index contributed by atoms with van der Waals surface area (Å²) in [6, 6.07) is 0. The van der Waals surface area contributed by atoms with Gasteiger partial charge in [0.15, 0.2) is 0 Å². The molecule has 0 aromatic heterocycles. The van der Waals surface area contributed by atoms with Crippen molar-refractivity contribution >= 4 is 0 Å². The molecule has 0 bridgehead atoms. The Bertz CT molecular complexity index is 233. The lowest BCUT2D eigenvalue weighted by molar-refractivity contribution is -0.195. The van der Waals surface area contributed by atoms with Crippen LogP contribution in [0.4, 0.5) is 0 Å². The van der Waals surface area contributed by atoms with E-state index in [1.807, 2.05) is 14.0 Å². The Morgan fingerprint density at radius 2 is 2.29 bits per heavy atom. The molecule has 0 amide bonds. The van der Waals surface area contributed by atoms with Crippen molar-refractivity contribution < 1.29 is 14.6 Å². The maximum Gasteiger partial charge on any atom is 0.215 e. The molecular weight excluding hydrogens is 218 g/mol. The number of likely N-dealkylation sites (N-methyl/N-ethyl adjacent to an activating group) is 1. The van der Waals surface area contributed by atoms with E-state index in [1.165, 1.54) is 12.8 Å². The van der Waals surface area contributed by atoms with Gasteiger partial charge < -0.3 is 14.6 Å². The van der Waals surface area contributed by atoms with Gasteiger partial charge in [-0.1, -0.05) is 12.2 Å². The van der Waals surface area contributed by atoms with E-state index < -0.39 is 6.41 Å². The van der Waals surface area contributed by atoms with Crippen LogP contribution in [0.3, 0.4) is 0 Å². The number of aliphatic hydroxyl groups is 1. The van der Waals surface area contributed by atoms with Crippen molar-refractivity contribution in [3.63, 3.8) is 0 Å². The van der Waals surface area contributed by atoms with Crippen LogP contribution in [-0.4, -0.2) is 49.8 Å². The van der Waals surface area contributed by atoms with E-state index in [2.05, 4.69) is 12.2 Å². The zero-order valence-corrected chi connectivity index (χ0v) is 11.1. The highest BCUT2D eigenvalue weighted by Crippen LogP contribution is 2.17. The molecule has 0 saturated heterocycles. The van der Waals surface area contributed by atoms with Gasteiger partial charge in [0.2, 0.25) is 6.41 Å². The van der Waals surface area contributed by atoms with Crippen molar-refractivity contribution in [1.29, 1.82) is 0 Å². The standard InChI is InChI=1S/C13H25NO3/c1-11(16-3)9-14(2)13(15)17-10-12-7-5-4-6-8-12/h5,7,11-13,15H,4,6,8-10H2,1-3H3/t11?,12-,13-/m1/s1. The van der Waals surface area contributed by atoms with Crippen LogP contribution in [0.1, 0.15) is 26.2 Å². The Labute approximate surface area is 104 Å². The highest BCUT2D eigenvalue weighted by Gasteiger charge is 2.16. The van der Waals surface area contributed by atoms with Crippen molar-refractivity contribution in [2.75, 3.05) is 27.3 Å². The van der Waals surface area contributed by atoms with Gasteiger partial charge in [-0.3, -0.25) is 4.90 Å². The van der Waals surface area contributed by atoms with Gasteiger partial charge in [0.05, 0.1) is 12.7 Å². The first-order valence-electron chi connectivity index (χ1n) is 6.33. The summed E-state index contributed by atoms with van der Waals surface area (Å²) in [5.74, 6) is 0.451. The zero-order valence-electron chi connectivity index (χ0n) is 11.1. The minimum Gasteiger partial charge on any atom is -0.380 e. The Balaban J connectivity index is 2.21. The molecule has 4 heteroatoms. The van der Waals surface area contributed by atoms with Crippen molar-refractivity contribution in [2.24, 2.45) is 5.92 Å². The average Bonchev–Trinajstić information content (AvgIpc) is 2.36. The van der Waals surface area contributed by atoms with Gasteiger partial charge in [0.25, 0.3) is 0 Å². The van der Waals surface area contributed by atoms with Gasteiger partial charge in [-0.15, -0.1) is 0 Å². The van der Waals surface area contributed by atoms with Crippen LogP contribution in [0.25, 0.3) is 0 Å². The molecule has 0 fully saturated rings. The number of rotatable bonds is 7. The van der Waals surface area contributed by atoms with E-state index in [9.17, 15) is 5.11 Å². The van der Waals surface area contributed by atoms with Crippen molar-refractivity contribution in [3.05, 3.63) is 12.2 Å². The number of allylic oxidation sites excluding steroid dienone is 1. The van der Waals surface area contributed by atoms with Crippen molar-refractivity contribution in [1.82, 2.24) is 4.90 Å². The van der Waals surface area contributed by atoms with Gasteiger partial charge in [-0.25, -0.2) is 0 Å². The summed E-state index contributed by atoms with van der Waals surface area (Å²) in [7, 11) is 3.50. The summed E-state index contributed by atoms with van der Waals surface area (Å²) in [5.41, 5.74) is 0. The lowest BCUT2D eigenvalue weighted by atomic mass is 9.97. The van der Waals surface area contributed by atoms with Gasteiger partial charge in [-0.2, -0.15) is 0 Å². The molecule has 0 spiro atoms. The van der Waals surface area contributed by atoms with Crippen LogP contribution in [0.5, 0.6) is 0 Å². The third-order valence-electron chi connectivity index (χ3n) is 3.14. The number of hydrogen-bond donors (Lipinski definition) is 1. The lowest BCUT2D eigenvalue weighted by Crippen LogP contribution is -2.39. The van der Waals surface area contributed by atoms with Crippen LogP contribution < -0.4 is 0 Å². The summed E-state index contributed by atoms with van der Waals surface area (Å²) in [6.45, 7) is 3.20. The predicted octanol–water partition coefficient (Wildman–Crippen LogP) is 1.60. The molecule has 4 nitrogen and oxygen atoms in total. The molecular formula is C13H25NO3. The fourth-order valence-corrected chi connectivity index (χ4v) is 1.93. The Morgan fingerprint density at radius 3 is 2.88 bits per heavy atom. The maximum atomic E-state index is 9.82. The van der Waals surface area contributed by atoms with Crippen molar-refractivity contribution in [2.45, 2.75) is 38.7 Å². The molecule has 0 aromatic carbocycles. The molecule has 0 aromatic rings. The van der Waals surface area contributed by atoms with Gasteiger partial charge in [-0.05, 0) is 33.2 Å². The van der Waals surface area contributed by atoms with Crippen LogP contribution in [0.15, 0.2) is 12.2 Å². The number of aliphatic hydroxyl groups excluding tert-OH is 1. The van der Waals surface area contributed by atoms with E-state index in [1.54, 1.807) is 12.0 Å². The minimum absolute atomic E-state index is 0.0906. The second-order valence-corrected chi connectivity index (χ2v) is 4.76. The molecule has 100 valence electrons. The largest absolute Gasteiger partial charge is 0.380 e.